The lowest BCUT2D eigenvalue weighted by Gasteiger charge is -2.47. The Morgan fingerprint density at radius 3 is 2.54 bits per heavy atom. The Bertz CT molecular complexity index is 1050. The summed E-state index contributed by atoms with van der Waals surface area (Å²) < 4.78 is 8.44. The van der Waals surface area contributed by atoms with Gasteiger partial charge in [0.1, 0.15) is 5.39 Å². The summed E-state index contributed by atoms with van der Waals surface area (Å²) in [5.41, 5.74) is 3.43. The zero-order valence-corrected chi connectivity index (χ0v) is 16.1. The fraction of sp³-hybridized carbons (Fsp3) is 0.389. The van der Waals surface area contributed by atoms with Crippen molar-refractivity contribution in [2.24, 2.45) is 0 Å². The van der Waals surface area contributed by atoms with Crippen LogP contribution in [-0.2, 0) is 4.74 Å². The number of ether oxygens (including phenoxy) is 1. The van der Waals surface area contributed by atoms with Gasteiger partial charge in [-0.05, 0) is 37.1 Å². The molecule has 0 saturated carbocycles. The Hall–Kier alpha value is -2.19. The van der Waals surface area contributed by atoms with Crippen molar-refractivity contribution in [1.29, 1.82) is 0 Å². The van der Waals surface area contributed by atoms with Gasteiger partial charge in [0.2, 0.25) is 5.95 Å². The van der Waals surface area contributed by atoms with Crippen LogP contribution in [-0.4, -0.2) is 45.0 Å². The maximum absolute atomic E-state index is 12.6. The minimum absolute atomic E-state index is 0.163. The SMILES string of the molecule is Cc1cc(Br)cc(C)c1-n1cc2c(=O)[nH]c(N3CC4CC(C3)O4)nc2n1. The smallest absolute Gasteiger partial charge is 0.263 e. The molecule has 3 saturated heterocycles. The van der Waals surface area contributed by atoms with E-state index in [1.165, 1.54) is 0 Å². The molecule has 1 aromatic carbocycles. The molecule has 8 heteroatoms. The second kappa shape index (κ2) is 5.65. The number of hydrogen-bond donors (Lipinski definition) is 1. The van der Waals surface area contributed by atoms with Gasteiger partial charge < -0.3 is 9.64 Å². The lowest BCUT2D eigenvalue weighted by molar-refractivity contribution is -0.133. The number of H-pyrrole nitrogens is 1. The molecule has 2 aromatic heterocycles. The van der Waals surface area contributed by atoms with Crippen LogP contribution in [0.1, 0.15) is 17.5 Å². The van der Waals surface area contributed by atoms with Crippen LogP contribution in [0.2, 0.25) is 0 Å². The number of aromatic nitrogens is 4. The van der Waals surface area contributed by atoms with Crippen molar-refractivity contribution in [3.63, 3.8) is 0 Å². The molecule has 7 nitrogen and oxygen atoms in total. The number of benzene rings is 1. The number of morpholine rings is 1. The van der Waals surface area contributed by atoms with Crippen LogP contribution in [0.5, 0.6) is 0 Å². The lowest BCUT2D eigenvalue weighted by atomic mass is 9.99. The number of halogens is 1. The lowest BCUT2D eigenvalue weighted by Crippen LogP contribution is -2.57. The largest absolute Gasteiger partial charge is 0.371 e. The molecule has 2 unspecified atom stereocenters. The number of rotatable bonds is 2. The molecule has 1 N–H and O–H groups in total. The van der Waals surface area contributed by atoms with Crippen LogP contribution >= 0.6 is 15.9 Å². The Kier molecular flexibility index (Phi) is 3.48. The average molecular weight is 416 g/mol. The van der Waals surface area contributed by atoms with Crippen LogP contribution in [0, 0.1) is 13.8 Å². The molecule has 3 aliphatic rings. The van der Waals surface area contributed by atoms with Gasteiger partial charge in [0.15, 0.2) is 5.65 Å². The topological polar surface area (TPSA) is 76.0 Å². The molecule has 3 aliphatic heterocycles. The highest BCUT2D eigenvalue weighted by atomic mass is 79.9. The van der Waals surface area contributed by atoms with Crippen molar-refractivity contribution in [2.45, 2.75) is 32.5 Å². The molecule has 0 aliphatic carbocycles. The van der Waals surface area contributed by atoms with E-state index in [9.17, 15) is 4.79 Å². The molecule has 0 radical (unpaired) electrons. The predicted molar refractivity (Wildman–Crippen MR) is 102 cm³/mol. The van der Waals surface area contributed by atoms with E-state index in [-0.39, 0.29) is 17.8 Å². The van der Waals surface area contributed by atoms with Crippen LogP contribution in [0.3, 0.4) is 0 Å². The fourth-order valence-corrected chi connectivity index (χ4v) is 4.65. The Morgan fingerprint density at radius 2 is 1.88 bits per heavy atom. The molecule has 0 spiro atoms. The summed E-state index contributed by atoms with van der Waals surface area (Å²) in [6.07, 6.45) is 3.35. The summed E-state index contributed by atoms with van der Waals surface area (Å²) in [6.45, 7) is 5.58. The summed E-state index contributed by atoms with van der Waals surface area (Å²) in [4.78, 5) is 22.2. The van der Waals surface area contributed by atoms with Gasteiger partial charge in [-0.1, -0.05) is 15.9 Å². The van der Waals surface area contributed by atoms with E-state index >= 15 is 0 Å². The molecule has 5 heterocycles. The summed E-state index contributed by atoms with van der Waals surface area (Å²) in [7, 11) is 0. The Morgan fingerprint density at radius 1 is 1.23 bits per heavy atom. The zero-order chi connectivity index (χ0) is 18.0. The molecular weight excluding hydrogens is 398 g/mol. The summed E-state index contributed by atoms with van der Waals surface area (Å²) in [6, 6.07) is 4.08. The number of nitrogens with zero attached hydrogens (tertiary/aromatic N) is 4. The van der Waals surface area contributed by atoms with Gasteiger partial charge in [-0.2, -0.15) is 4.98 Å². The molecule has 0 amide bonds. The van der Waals surface area contributed by atoms with E-state index in [2.05, 4.69) is 35.9 Å². The standard InChI is InChI=1S/C18H18BrN5O2/c1-9-3-11(19)4-10(2)15(9)24-8-14-16(22-24)20-18(21-17(14)25)23-6-12-5-13(7-23)26-12/h3-4,8,12-13H,5-7H2,1-2H3,(H,20,21,22,25). The minimum atomic E-state index is -0.163. The second-order valence-corrected chi connectivity index (χ2v) is 8.03. The minimum Gasteiger partial charge on any atom is -0.371 e. The highest BCUT2D eigenvalue weighted by Gasteiger charge is 2.39. The highest BCUT2D eigenvalue weighted by Crippen LogP contribution is 2.30. The average Bonchev–Trinajstić information content (AvgIpc) is 2.97. The van der Waals surface area contributed by atoms with E-state index in [1.807, 2.05) is 26.0 Å². The maximum atomic E-state index is 12.6. The molecule has 2 bridgehead atoms. The van der Waals surface area contributed by atoms with Crippen LogP contribution in [0.4, 0.5) is 5.95 Å². The molecule has 2 atom stereocenters. The first-order valence-electron chi connectivity index (χ1n) is 8.65. The number of piperidine rings is 1. The van der Waals surface area contributed by atoms with Gasteiger partial charge in [0, 0.05) is 30.2 Å². The fourth-order valence-electron chi connectivity index (χ4n) is 3.96. The Labute approximate surface area is 158 Å². The molecule has 26 heavy (non-hydrogen) atoms. The van der Waals surface area contributed by atoms with E-state index in [1.54, 1.807) is 10.9 Å². The first kappa shape index (κ1) is 16.0. The number of anilines is 1. The van der Waals surface area contributed by atoms with Crippen molar-refractivity contribution in [1.82, 2.24) is 19.7 Å². The first-order valence-corrected chi connectivity index (χ1v) is 9.44. The third-order valence-corrected chi connectivity index (χ3v) is 5.58. The number of hydrogen-bond acceptors (Lipinski definition) is 5. The van der Waals surface area contributed by atoms with Crippen molar-refractivity contribution in [3.8, 4) is 5.69 Å². The van der Waals surface area contributed by atoms with Gasteiger partial charge in [-0.25, -0.2) is 4.68 Å². The Balaban J connectivity index is 1.60. The molecule has 3 aromatic rings. The quantitative estimate of drug-likeness (QED) is 0.695. The predicted octanol–water partition coefficient (Wildman–Crippen LogP) is 2.47. The molecule has 134 valence electrons. The third-order valence-electron chi connectivity index (χ3n) is 5.12. The monoisotopic (exact) mass is 415 g/mol. The summed E-state index contributed by atoms with van der Waals surface area (Å²) >= 11 is 3.52. The molecule has 6 rings (SSSR count). The van der Waals surface area contributed by atoms with Gasteiger partial charge >= 0.3 is 0 Å². The molecular formula is C18H18BrN5O2. The van der Waals surface area contributed by atoms with E-state index in [0.717, 1.165) is 40.8 Å². The van der Waals surface area contributed by atoms with Gasteiger partial charge in [0.25, 0.3) is 5.56 Å². The first-order chi connectivity index (χ1) is 12.5. The van der Waals surface area contributed by atoms with Crippen molar-refractivity contribution in [2.75, 3.05) is 18.0 Å². The second-order valence-electron chi connectivity index (χ2n) is 7.11. The van der Waals surface area contributed by atoms with Crippen LogP contribution in [0.25, 0.3) is 16.7 Å². The summed E-state index contributed by atoms with van der Waals surface area (Å²) in [5, 5.41) is 5.09. The van der Waals surface area contributed by atoms with Crippen molar-refractivity contribution in [3.05, 3.63) is 44.3 Å². The number of aryl methyl sites for hydroxylation is 2. The summed E-state index contributed by atoms with van der Waals surface area (Å²) in [5.74, 6) is 0.579. The number of fused-ring (bicyclic) bond motifs is 3. The van der Waals surface area contributed by atoms with Crippen molar-refractivity contribution >= 4 is 32.9 Å². The van der Waals surface area contributed by atoms with E-state index in [0.29, 0.717) is 17.0 Å². The molecule has 3 fully saturated rings. The van der Waals surface area contributed by atoms with Gasteiger partial charge in [-0.15, -0.1) is 5.10 Å². The third kappa shape index (κ3) is 2.47. The van der Waals surface area contributed by atoms with Crippen molar-refractivity contribution < 1.29 is 4.74 Å². The van der Waals surface area contributed by atoms with E-state index < -0.39 is 0 Å². The van der Waals surface area contributed by atoms with E-state index in [4.69, 9.17) is 4.74 Å². The van der Waals surface area contributed by atoms with Crippen LogP contribution < -0.4 is 10.5 Å². The zero-order valence-electron chi connectivity index (χ0n) is 14.5. The number of nitrogens with one attached hydrogen (secondary N) is 1. The maximum Gasteiger partial charge on any atom is 0.263 e. The highest BCUT2D eigenvalue weighted by molar-refractivity contribution is 9.10. The number of aromatic amines is 1. The van der Waals surface area contributed by atoms with Gasteiger partial charge in [0.05, 0.1) is 17.9 Å². The normalized spacial score (nSPS) is 21.9. The van der Waals surface area contributed by atoms with Gasteiger partial charge in [-0.3, -0.25) is 9.78 Å². The van der Waals surface area contributed by atoms with Crippen LogP contribution in [0.15, 0.2) is 27.6 Å².